The second-order valence-corrected chi connectivity index (χ2v) is 15.5. The van der Waals surface area contributed by atoms with Gasteiger partial charge in [0.25, 0.3) is 0 Å². The molecule has 0 aliphatic carbocycles. The van der Waals surface area contributed by atoms with E-state index < -0.39 is 95.4 Å². The fraction of sp³-hybridized carbons (Fsp3) is 0.625. The summed E-state index contributed by atoms with van der Waals surface area (Å²) in [6.07, 6.45) is 5.98. The number of halogens is 2. The van der Waals surface area contributed by atoms with Gasteiger partial charge in [0.05, 0.1) is 0 Å². The average molecular weight is 785 g/mol. The van der Waals surface area contributed by atoms with E-state index in [1.165, 1.54) is 34.6 Å². The molecule has 8 atom stereocenters. The monoisotopic (exact) mass is 784 g/mol. The summed E-state index contributed by atoms with van der Waals surface area (Å²) in [4.78, 5) is 101. The number of fused-ring (bicyclic) bond motifs is 3. The van der Waals surface area contributed by atoms with Crippen molar-refractivity contribution in [2.45, 2.75) is 134 Å². The second-order valence-electron chi connectivity index (χ2n) is 15.5. The van der Waals surface area contributed by atoms with E-state index in [4.69, 9.17) is 4.74 Å². The summed E-state index contributed by atoms with van der Waals surface area (Å²) < 4.78 is 34.3. The van der Waals surface area contributed by atoms with Gasteiger partial charge in [-0.15, -0.1) is 0 Å². The SMILES string of the molecule is CCCCC=CC(=O)NC(Cc1cc(F)cc(F)c1)C(=O)NC1C(=O)N2CCCC2C(=O)N2CCC(C)CC2C(=O)NC(C)C(=O)N2CCCC2C(=O)OC1C. The van der Waals surface area contributed by atoms with Gasteiger partial charge >= 0.3 is 5.97 Å². The number of nitrogens with one attached hydrogen (secondary N) is 3. The van der Waals surface area contributed by atoms with Crippen LogP contribution in [0.25, 0.3) is 0 Å². The maximum Gasteiger partial charge on any atom is 0.329 e. The van der Waals surface area contributed by atoms with Gasteiger partial charge in [-0.2, -0.15) is 0 Å². The van der Waals surface area contributed by atoms with Crippen molar-refractivity contribution in [1.82, 2.24) is 30.7 Å². The number of allylic oxidation sites excluding steroid dienone is 1. The van der Waals surface area contributed by atoms with Gasteiger partial charge in [-0.05, 0) is 88.5 Å². The largest absolute Gasteiger partial charge is 0.458 e. The van der Waals surface area contributed by atoms with E-state index in [2.05, 4.69) is 16.0 Å². The second kappa shape index (κ2) is 18.8. The minimum Gasteiger partial charge on any atom is -0.458 e. The molecule has 4 fully saturated rings. The third-order valence-corrected chi connectivity index (χ3v) is 11.1. The molecule has 14 nitrogen and oxygen atoms in total. The summed E-state index contributed by atoms with van der Waals surface area (Å²) >= 11 is 0. The number of amides is 6. The smallest absolute Gasteiger partial charge is 0.329 e. The number of carbonyl (C=O) groups excluding carboxylic acids is 7. The first-order valence-corrected chi connectivity index (χ1v) is 19.8. The van der Waals surface area contributed by atoms with E-state index in [-0.39, 0.29) is 50.4 Å². The van der Waals surface area contributed by atoms with Crippen molar-refractivity contribution in [2.75, 3.05) is 19.6 Å². The normalized spacial score (nSPS) is 28.4. The van der Waals surface area contributed by atoms with E-state index in [1.54, 1.807) is 6.08 Å². The van der Waals surface area contributed by atoms with E-state index in [0.29, 0.717) is 38.2 Å². The maximum atomic E-state index is 14.6. The number of nitrogens with zero attached hydrogens (tertiary/aromatic N) is 3. The van der Waals surface area contributed by atoms with E-state index in [9.17, 15) is 42.3 Å². The Morgan fingerprint density at radius 1 is 0.875 bits per heavy atom. The number of piperidine rings is 1. The fourth-order valence-corrected chi connectivity index (χ4v) is 8.08. The van der Waals surface area contributed by atoms with Gasteiger partial charge in [0.2, 0.25) is 35.4 Å². The predicted octanol–water partition coefficient (Wildman–Crippen LogP) is 2.28. The van der Waals surface area contributed by atoms with Crippen LogP contribution >= 0.6 is 0 Å². The molecule has 0 spiro atoms. The summed E-state index contributed by atoms with van der Waals surface area (Å²) in [5.74, 6) is -6.24. The summed E-state index contributed by atoms with van der Waals surface area (Å²) in [6.45, 7) is 7.53. The lowest BCUT2D eigenvalue weighted by atomic mass is 9.91. The van der Waals surface area contributed by atoms with Gasteiger partial charge in [-0.3, -0.25) is 28.8 Å². The Labute approximate surface area is 326 Å². The van der Waals surface area contributed by atoms with Crippen LogP contribution in [0.4, 0.5) is 8.78 Å². The first kappa shape index (κ1) is 42.3. The molecule has 1 aromatic carbocycles. The minimum absolute atomic E-state index is 0.0570. The average Bonchev–Trinajstić information content (AvgIpc) is 3.85. The van der Waals surface area contributed by atoms with Crippen LogP contribution < -0.4 is 16.0 Å². The number of carbonyl (C=O) groups is 7. The molecule has 0 aromatic heterocycles. The van der Waals surface area contributed by atoms with Crippen LogP contribution in [0.15, 0.2) is 30.4 Å². The van der Waals surface area contributed by atoms with Crippen LogP contribution in [0.1, 0.15) is 91.0 Å². The topological polar surface area (TPSA) is 175 Å². The zero-order chi connectivity index (χ0) is 40.7. The van der Waals surface area contributed by atoms with Crippen LogP contribution in [0.2, 0.25) is 0 Å². The zero-order valence-corrected chi connectivity index (χ0v) is 32.6. The molecule has 56 heavy (non-hydrogen) atoms. The van der Waals surface area contributed by atoms with Gasteiger partial charge in [0.15, 0.2) is 0 Å². The standard InChI is InChI=1S/C40H54F2N6O8/c1-5-6-7-8-13-33(49)44-29(21-26-19-27(41)22-28(42)20-26)35(50)45-34-25(4)56-40(55)31-12-10-16-47(31)37(52)24(3)43-36(51)32-18-23(2)14-17-48(32)38(53)30-11-9-15-46(30)39(34)54/h8,13,19-20,22-25,29-32,34H,5-7,9-12,14-18,21H2,1-4H3,(H,43,51)(H,44,49)(H,45,50). The third-order valence-electron chi connectivity index (χ3n) is 11.1. The number of hydrogen-bond donors (Lipinski definition) is 3. The molecule has 0 saturated carbocycles. The van der Waals surface area contributed by atoms with Crippen molar-refractivity contribution < 1.29 is 47.1 Å². The Kier molecular flexibility index (Phi) is 14.2. The highest BCUT2D eigenvalue weighted by molar-refractivity contribution is 5.98. The summed E-state index contributed by atoms with van der Waals surface area (Å²) in [5.41, 5.74) is 0.0570. The molecular formula is C40H54F2N6O8. The number of cyclic esters (lactones) is 1. The predicted molar refractivity (Wildman–Crippen MR) is 199 cm³/mol. The number of rotatable bonds is 9. The van der Waals surface area contributed by atoms with Gasteiger partial charge < -0.3 is 35.4 Å². The number of benzene rings is 1. The van der Waals surface area contributed by atoms with Crippen molar-refractivity contribution in [2.24, 2.45) is 5.92 Å². The van der Waals surface area contributed by atoms with Crippen LogP contribution in [-0.2, 0) is 44.7 Å². The Morgan fingerprint density at radius 3 is 2.20 bits per heavy atom. The van der Waals surface area contributed by atoms with Gasteiger partial charge in [-0.25, -0.2) is 13.6 Å². The highest BCUT2D eigenvalue weighted by Crippen LogP contribution is 2.29. The molecule has 5 rings (SSSR count). The molecule has 16 heteroatoms. The van der Waals surface area contributed by atoms with Crippen molar-refractivity contribution in [1.29, 1.82) is 0 Å². The Morgan fingerprint density at radius 2 is 1.52 bits per heavy atom. The molecule has 4 heterocycles. The van der Waals surface area contributed by atoms with E-state index in [1.807, 2.05) is 13.8 Å². The molecule has 4 aliphatic rings. The van der Waals surface area contributed by atoms with Crippen LogP contribution in [0.5, 0.6) is 0 Å². The third kappa shape index (κ3) is 10.1. The molecule has 1 aromatic rings. The van der Waals surface area contributed by atoms with Gasteiger partial charge in [-0.1, -0.05) is 32.8 Å². The molecule has 3 N–H and O–H groups in total. The first-order chi connectivity index (χ1) is 26.7. The minimum atomic E-state index is -1.58. The highest BCUT2D eigenvalue weighted by atomic mass is 19.1. The summed E-state index contributed by atoms with van der Waals surface area (Å²) in [5, 5.41) is 7.99. The number of esters is 1. The maximum absolute atomic E-state index is 14.6. The van der Waals surface area contributed by atoms with Crippen LogP contribution in [0, 0.1) is 17.6 Å². The molecule has 0 radical (unpaired) electrons. The molecule has 6 amide bonds. The van der Waals surface area contributed by atoms with E-state index >= 15 is 0 Å². The highest BCUT2D eigenvalue weighted by Gasteiger charge is 2.47. The van der Waals surface area contributed by atoms with E-state index in [0.717, 1.165) is 25.0 Å². The van der Waals surface area contributed by atoms with Crippen molar-refractivity contribution in [3.05, 3.63) is 47.5 Å². The number of ether oxygens (including phenoxy) is 1. The van der Waals surface area contributed by atoms with Crippen LogP contribution in [-0.4, -0.2) is 118 Å². The quantitative estimate of drug-likeness (QED) is 0.194. The van der Waals surface area contributed by atoms with Crippen molar-refractivity contribution in [3.63, 3.8) is 0 Å². The van der Waals surface area contributed by atoms with Crippen molar-refractivity contribution >= 4 is 41.4 Å². The molecular weight excluding hydrogens is 730 g/mol. The lowest BCUT2D eigenvalue weighted by Gasteiger charge is -2.41. The van der Waals surface area contributed by atoms with Crippen LogP contribution in [0.3, 0.4) is 0 Å². The molecule has 4 aliphatic heterocycles. The lowest BCUT2D eigenvalue weighted by Crippen LogP contribution is -2.63. The molecule has 4 saturated heterocycles. The fourth-order valence-electron chi connectivity index (χ4n) is 8.08. The summed E-state index contributed by atoms with van der Waals surface area (Å²) in [6, 6.07) is -4.21. The Hall–Kier alpha value is -4.89. The van der Waals surface area contributed by atoms with Gasteiger partial charge in [0.1, 0.15) is 54.0 Å². The zero-order valence-electron chi connectivity index (χ0n) is 32.6. The molecule has 0 bridgehead atoms. The molecule has 8 unspecified atom stereocenters. The van der Waals surface area contributed by atoms with Crippen molar-refractivity contribution in [3.8, 4) is 0 Å². The Balaban J connectivity index is 1.50. The lowest BCUT2D eigenvalue weighted by molar-refractivity contribution is -0.163. The number of hydrogen-bond acceptors (Lipinski definition) is 8. The number of unbranched alkanes of at least 4 members (excludes halogenated alkanes) is 2. The van der Waals surface area contributed by atoms with Gasteiger partial charge in [0, 0.05) is 32.1 Å². The summed E-state index contributed by atoms with van der Waals surface area (Å²) in [7, 11) is 0. The molecule has 306 valence electrons. The Bertz CT molecular complexity index is 1690. The first-order valence-electron chi connectivity index (χ1n) is 19.8.